The fraction of sp³-hybridized carbons (Fsp3) is 0.435. The second kappa shape index (κ2) is 10.3. The van der Waals surface area contributed by atoms with Crippen LogP contribution in [0.15, 0.2) is 36.9 Å². The third-order valence-corrected chi connectivity index (χ3v) is 6.08. The number of fused-ring (bicyclic) bond motifs is 1. The van der Waals surface area contributed by atoms with E-state index in [-0.39, 0.29) is 11.9 Å². The third kappa shape index (κ3) is 5.87. The number of unbranched alkanes of at least 4 members (excludes halogenated alkanes) is 2. The molecule has 0 bridgehead atoms. The van der Waals surface area contributed by atoms with E-state index in [1.807, 2.05) is 4.57 Å². The van der Waals surface area contributed by atoms with Gasteiger partial charge in [-0.05, 0) is 31.0 Å². The fourth-order valence-corrected chi connectivity index (χ4v) is 4.07. The van der Waals surface area contributed by atoms with E-state index >= 15 is 0 Å². The van der Waals surface area contributed by atoms with Crippen molar-refractivity contribution >= 4 is 28.8 Å². The van der Waals surface area contributed by atoms with Crippen molar-refractivity contribution in [1.82, 2.24) is 24.4 Å². The molecule has 0 atom stereocenters. The molecule has 3 heterocycles. The molecule has 1 saturated heterocycles. The standard InChI is InChI=1S/C23H26F3N7O2/c24-23(25,26)17-13-28-22(29-14-17)32-10-8-31(9-11-32)20(34)4-2-1-3-7-33-15-30-18-6-5-16(21(27)35)12-19(18)33/h5-6,12-15H,1-4,7-11H2,(H2,27,35). The molecule has 0 saturated carbocycles. The highest BCUT2D eigenvalue weighted by molar-refractivity contribution is 5.96. The third-order valence-electron chi connectivity index (χ3n) is 6.08. The average molecular weight is 490 g/mol. The number of benzene rings is 1. The van der Waals surface area contributed by atoms with Gasteiger partial charge in [0.1, 0.15) is 0 Å². The van der Waals surface area contributed by atoms with Crippen molar-refractivity contribution in [1.29, 1.82) is 0 Å². The Morgan fingerprint density at radius 1 is 0.971 bits per heavy atom. The zero-order chi connectivity index (χ0) is 25.0. The number of nitrogens with zero attached hydrogens (tertiary/aromatic N) is 6. The van der Waals surface area contributed by atoms with Crippen LogP contribution in [0.2, 0.25) is 0 Å². The quantitative estimate of drug-likeness (QED) is 0.488. The summed E-state index contributed by atoms with van der Waals surface area (Å²) in [5.74, 6) is -0.178. The summed E-state index contributed by atoms with van der Waals surface area (Å²) in [6.07, 6.45) is 1.74. The van der Waals surface area contributed by atoms with E-state index in [0.29, 0.717) is 38.2 Å². The second-order valence-corrected chi connectivity index (χ2v) is 8.45. The molecule has 2 N–H and O–H groups in total. The molecule has 9 nitrogen and oxygen atoms in total. The number of primary amides is 1. The van der Waals surface area contributed by atoms with E-state index in [9.17, 15) is 22.8 Å². The zero-order valence-corrected chi connectivity index (χ0v) is 19.0. The van der Waals surface area contributed by atoms with E-state index in [4.69, 9.17) is 5.73 Å². The van der Waals surface area contributed by atoms with Crippen molar-refractivity contribution in [2.75, 3.05) is 31.1 Å². The number of alkyl halides is 3. The van der Waals surface area contributed by atoms with Crippen molar-refractivity contribution in [2.24, 2.45) is 5.73 Å². The van der Waals surface area contributed by atoms with Crippen molar-refractivity contribution < 1.29 is 22.8 Å². The average Bonchev–Trinajstić information content (AvgIpc) is 3.25. The number of rotatable bonds is 8. The number of aromatic nitrogens is 4. The molecule has 1 aliphatic heterocycles. The lowest BCUT2D eigenvalue weighted by molar-refractivity contribution is -0.138. The van der Waals surface area contributed by atoms with Crippen LogP contribution >= 0.6 is 0 Å². The molecule has 0 spiro atoms. The van der Waals surface area contributed by atoms with E-state index in [1.165, 1.54) is 0 Å². The van der Waals surface area contributed by atoms with Crippen LogP contribution in [0.5, 0.6) is 0 Å². The minimum absolute atomic E-state index is 0.0668. The zero-order valence-electron chi connectivity index (χ0n) is 19.0. The molecule has 0 radical (unpaired) electrons. The van der Waals surface area contributed by atoms with Gasteiger partial charge in [0.25, 0.3) is 0 Å². The predicted molar refractivity (Wildman–Crippen MR) is 123 cm³/mol. The number of carbonyl (C=O) groups excluding carboxylic acids is 2. The number of amides is 2. The summed E-state index contributed by atoms with van der Waals surface area (Å²) in [4.78, 5) is 39.5. The number of anilines is 1. The van der Waals surface area contributed by atoms with Crippen LogP contribution in [0.1, 0.15) is 41.6 Å². The lowest BCUT2D eigenvalue weighted by atomic mass is 10.1. The molecular weight excluding hydrogens is 463 g/mol. The second-order valence-electron chi connectivity index (χ2n) is 8.45. The Hall–Kier alpha value is -3.70. The summed E-state index contributed by atoms with van der Waals surface area (Å²) < 4.78 is 40.0. The number of nitrogens with two attached hydrogens (primary N) is 1. The van der Waals surface area contributed by atoms with Gasteiger partial charge in [0.05, 0.1) is 22.9 Å². The van der Waals surface area contributed by atoms with Crippen LogP contribution in [-0.2, 0) is 17.5 Å². The lowest BCUT2D eigenvalue weighted by Gasteiger charge is -2.34. The Balaban J connectivity index is 1.18. The first-order chi connectivity index (χ1) is 16.7. The molecule has 1 aromatic carbocycles. The number of piperazine rings is 1. The molecular formula is C23H26F3N7O2. The van der Waals surface area contributed by atoms with Crippen LogP contribution in [-0.4, -0.2) is 62.4 Å². The van der Waals surface area contributed by atoms with Crippen LogP contribution in [0.4, 0.5) is 19.1 Å². The van der Waals surface area contributed by atoms with Gasteiger partial charge in [-0.25, -0.2) is 15.0 Å². The number of halogens is 3. The van der Waals surface area contributed by atoms with Crippen molar-refractivity contribution in [2.45, 2.75) is 38.4 Å². The van der Waals surface area contributed by atoms with Crippen LogP contribution in [0.3, 0.4) is 0 Å². The highest BCUT2D eigenvalue weighted by Crippen LogP contribution is 2.28. The molecule has 3 aromatic rings. The molecule has 186 valence electrons. The normalized spacial score (nSPS) is 14.5. The maximum atomic E-state index is 12.7. The molecule has 12 heteroatoms. The van der Waals surface area contributed by atoms with Gasteiger partial charge in [-0.2, -0.15) is 13.2 Å². The largest absolute Gasteiger partial charge is 0.419 e. The van der Waals surface area contributed by atoms with Gasteiger partial charge in [-0.3, -0.25) is 9.59 Å². The summed E-state index contributed by atoms with van der Waals surface area (Å²) in [7, 11) is 0. The highest BCUT2D eigenvalue weighted by Gasteiger charge is 2.32. The van der Waals surface area contributed by atoms with Crippen LogP contribution in [0.25, 0.3) is 11.0 Å². The number of aryl methyl sites for hydroxylation is 1. The predicted octanol–water partition coefficient (Wildman–Crippen LogP) is 2.85. The lowest BCUT2D eigenvalue weighted by Crippen LogP contribution is -2.49. The van der Waals surface area contributed by atoms with E-state index in [0.717, 1.165) is 49.2 Å². The summed E-state index contributed by atoms with van der Waals surface area (Å²) in [5, 5.41) is 0. The minimum Gasteiger partial charge on any atom is -0.366 e. The maximum Gasteiger partial charge on any atom is 0.419 e. The van der Waals surface area contributed by atoms with E-state index < -0.39 is 17.6 Å². The summed E-state index contributed by atoms with van der Waals surface area (Å²) in [6, 6.07) is 5.17. The first-order valence-corrected chi connectivity index (χ1v) is 11.4. The summed E-state index contributed by atoms with van der Waals surface area (Å²) in [6.45, 7) is 2.62. The van der Waals surface area contributed by atoms with Gasteiger partial charge in [0.2, 0.25) is 17.8 Å². The molecule has 1 aliphatic rings. The monoisotopic (exact) mass is 489 g/mol. The summed E-state index contributed by atoms with van der Waals surface area (Å²) >= 11 is 0. The van der Waals surface area contributed by atoms with Gasteiger partial charge in [0, 0.05) is 57.1 Å². The first kappa shape index (κ1) is 24.4. The van der Waals surface area contributed by atoms with Crippen molar-refractivity contribution in [3.8, 4) is 0 Å². The van der Waals surface area contributed by atoms with E-state index in [2.05, 4.69) is 15.0 Å². The Morgan fingerprint density at radius 2 is 1.69 bits per heavy atom. The topological polar surface area (TPSA) is 110 Å². The van der Waals surface area contributed by atoms with Gasteiger partial charge in [0.15, 0.2) is 0 Å². The maximum absolute atomic E-state index is 12.7. The Kier molecular flexibility index (Phi) is 7.17. The van der Waals surface area contributed by atoms with Crippen LogP contribution in [0, 0.1) is 0 Å². The van der Waals surface area contributed by atoms with Crippen molar-refractivity contribution in [3.63, 3.8) is 0 Å². The van der Waals surface area contributed by atoms with Gasteiger partial charge >= 0.3 is 6.18 Å². The number of carbonyl (C=O) groups is 2. The van der Waals surface area contributed by atoms with Crippen LogP contribution < -0.4 is 10.6 Å². The summed E-state index contributed by atoms with van der Waals surface area (Å²) in [5.41, 5.74) is 6.57. The van der Waals surface area contributed by atoms with E-state index in [1.54, 1.807) is 34.3 Å². The number of hydrogen-bond donors (Lipinski definition) is 1. The molecule has 4 rings (SSSR count). The van der Waals surface area contributed by atoms with Gasteiger partial charge < -0.3 is 20.1 Å². The number of hydrogen-bond acceptors (Lipinski definition) is 6. The highest BCUT2D eigenvalue weighted by atomic mass is 19.4. The fourth-order valence-electron chi connectivity index (χ4n) is 4.07. The SMILES string of the molecule is NC(=O)c1ccc2ncn(CCCCCC(=O)N3CCN(c4ncc(C(F)(F)F)cn4)CC3)c2c1. The van der Waals surface area contributed by atoms with Gasteiger partial charge in [-0.1, -0.05) is 6.42 Å². The first-order valence-electron chi connectivity index (χ1n) is 11.4. The smallest absolute Gasteiger partial charge is 0.366 e. The number of imidazole rings is 1. The van der Waals surface area contributed by atoms with Gasteiger partial charge in [-0.15, -0.1) is 0 Å². The molecule has 0 unspecified atom stereocenters. The molecule has 2 aromatic heterocycles. The molecule has 35 heavy (non-hydrogen) atoms. The molecule has 1 fully saturated rings. The Morgan fingerprint density at radius 3 is 2.34 bits per heavy atom. The Bertz CT molecular complexity index is 1190. The molecule has 2 amide bonds. The minimum atomic E-state index is -4.47. The van der Waals surface area contributed by atoms with Crippen molar-refractivity contribution in [3.05, 3.63) is 48.0 Å². The Labute approximate surface area is 199 Å². The molecule has 0 aliphatic carbocycles.